The fourth-order valence-electron chi connectivity index (χ4n) is 3.21. The van der Waals surface area contributed by atoms with Gasteiger partial charge in [0.1, 0.15) is 18.3 Å². The Labute approximate surface area is 239 Å². The zero-order valence-electron chi connectivity index (χ0n) is 22.3. The largest absolute Gasteiger partial charge is 0.486 e. The molecule has 14 heteroatoms. The van der Waals surface area contributed by atoms with Crippen molar-refractivity contribution in [2.75, 3.05) is 18.9 Å². The number of rotatable bonds is 11. The number of aromatic nitrogens is 5. The second kappa shape index (κ2) is 16.7. The molecule has 220 valence electrons. The van der Waals surface area contributed by atoms with Gasteiger partial charge in [0, 0.05) is 0 Å². The molecule has 0 fully saturated rings. The zero-order valence-corrected chi connectivity index (χ0v) is 22.3. The number of fused-ring (bicyclic) bond motifs is 1. The number of nitrogens with two attached hydrogens (primary N) is 1. The van der Waals surface area contributed by atoms with Gasteiger partial charge in [-0.25, -0.2) is 14.3 Å². The SMILES string of the molecule is Nc1[nH]ncc1OC=O.O=C(O)c1cnn2cc(OCc3ccccc3)cnc12.OCC(CO)OCc1ccccc1. The first kappa shape index (κ1) is 31.2. The van der Waals surface area contributed by atoms with E-state index in [9.17, 15) is 9.59 Å². The standard InChI is InChI=1S/C14H11N3O3.C10H14O3.C4H5N3O2/c18-14(19)12-7-16-17-8-11(6-15-13(12)17)20-9-10-4-2-1-3-5-10;11-6-10(7-12)13-8-9-4-2-1-3-5-9;5-4-3(9-2-8)1-6-7-4/h1-8H,9H2,(H,18,19);1-5,10-12H,6-8H2;1-2H,(H3,5,6,7). The molecular formula is C28H30N6O8. The van der Waals surface area contributed by atoms with E-state index in [-0.39, 0.29) is 30.3 Å². The van der Waals surface area contributed by atoms with E-state index in [4.69, 9.17) is 30.5 Å². The highest BCUT2D eigenvalue weighted by atomic mass is 16.5. The predicted octanol–water partition coefficient (Wildman–Crippen LogP) is 2.09. The molecule has 5 aromatic rings. The summed E-state index contributed by atoms with van der Waals surface area (Å²) in [5, 5.41) is 36.3. The number of carboxylic acids is 1. The Morgan fingerprint density at radius 1 is 0.976 bits per heavy atom. The van der Waals surface area contributed by atoms with Crippen LogP contribution in [0.3, 0.4) is 0 Å². The normalized spacial score (nSPS) is 10.3. The zero-order chi connectivity index (χ0) is 30.2. The van der Waals surface area contributed by atoms with Gasteiger partial charge < -0.3 is 35.3 Å². The minimum absolute atomic E-state index is 0.0691. The summed E-state index contributed by atoms with van der Waals surface area (Å²) in [4.78, 5) is 24.7. The fourth-order valence-corrected chi connectivity index (χ4v) is 3.21. The fraction of sp³-hybridized carbons (Fsp3) is 0.179. The van der Waals surface area contributed by atoms with Crippen LogP contribution in [0.2, 0.25) is 0 Å². The van der Waals surface area contributed by atoms with Crippen LogP contribution in [-0.2, 0) is 22.7 Å². The van der Waals surface area contributed by atoms with Crippen LogP contribution in [0, 0.1) is 0 Å². The number of ether oxygens (including phenoxy) is 3. The number of nitrogens with one attached hydrogen (secondary N) is 1. The Hall–Kier alpha value is -5.31. The summed E-state index contributed by atoms with van der Waals surface area (Å²) in [5.74, 6) is -0.0149. The molecule has 0 saturated carbocycles. The average molecular weight is 579 g/mol. The van der Waals surface area contributed by atoms with Gasteiger partial charge in [-0.1, -0.05) is 60.7 Å². The van der Waals surface area contributed by atoms with Gasteiger partial charge >= 0.3 is 5.97 Å². The molecule has 0 spiro atoms. The molecule has 2 aromatic carbocycles. The maximum atomic E-state index is 10.9. The smallest absolute Gasteiger partial charge is 0.341 e. The molecule has 5 rings (SSSR count). The Kier molecular flexibility index (Phi) is 12.4. The summed E-state index contributed by atoms with van der Waals surface area (Å²) >= 11 is 0. The van der Waals surface area contributed by atoms with Crippen molar-refractivity contribution in [3.05, 3.63) is 102 Å². The first-order chi connectivity index (χ1) is 20.4. The van der Waals surface area contributed by atoms with E-state index in [0.29, 0.717) is 31.1 Å². The molecule has 0 radical (unpaired) electrons. The van der Waals surface area contributed by atoms with Crippen LogP contribution in [0.1, 0.15) is 21.5 Å². The summed E-state index contributed by atoms with van der Waals surface area (Å²) in [6, 6.07) is 19.4. The number of anilines is 1. The average Bonchev–Trinajstić information content (AvgIpc) is 3.64. The lowest BCUT2D eigenvalue weighted by Gasteiger charge is -2.11. The molecule has 0 saturated heterocycles. The maximum absolute atomic E-state index is 10.9. The van der Waals surface area contributed by atoms with E-state index in [1.54, 1.807) is 6.20 Å². The summed E-state index contributed by atoms with van der Waals surface area (Å²) in [5.41, 5.74) is 7.67. The van der Waals surface area contributed by atoms with Crippen LogP contribution in [0.4, 0.5) is 5.82 Å². The second-order valence-corrected chi connectivity index (χ2v) is 8.34. The van der Waals surface area contributed by atoms with Crippen molar-refractivity contribution in [2.45, 2.75) is 19.3 Å². The van der Waals surface area contributed by atoms with E-state index in [1.807, 2.05) is 60.7 Å². The number of aliphatic hydroxyl groups excluding tert-OH is 2. The van der Waals surface area contributed by atoms with Gasteiger partial charge in [0.05, 0.1) is 44.6 Å². The Morgan fingerprint density at radius 3 is 2.17 bits per heavy atom. The molecule has 0 aliphatic rings. The third-order valence-corrected chi connectivity index (χ3v) is 5.35. The Morgan fingerprint density at radius 2 is 1.62 bits per heavy atom. The van der Waals surface area contributed by atoms with Crippen molar-refractivity contribution >= 4 is 23.9 Å². The summed E-state index contributed by atoms with van der Waals surface area (Å²) in [6.45, 7) is 0.835. The van der Waals surface area contributed by atoms with Gasteiger partial charge in [0.2, 0.25) is 0 Å². The van der Waals surface area contributed by atoms with Crippen molar-refractivity contribution in [2.24, 2.45) is 0 Å². The summed E-state index contributed by atoms with van der Waals surface area (Å²) < 4.78 is 16.6. The number of benzene rings is 2. The number of carboxylic acid groups (broad SMARTS) is 1. The van der Waals surface area contributed by atoms with Crippen LogP contribution < -0.4 is 15.2 Å². The summed E-state index contributed by atoms with van der Waals surface area (Å²) in [6.07, 6.45) is 5.22. The highest BCUT2D eigenvalue weighted by Gasteiger charge is 2.12. The molecule has 0 atom stereocenters. The van der Waals surface area contributed by atoms with E-state index < -0.39 is 12.1 Å². The van der Waals surface area contributed by atoms with Gasteiger partial charge in [-0.15, -0.1) is 0 Å². The lowest BCUT2D eigenvalue weighted by atomic mass is 10.2. The maximum Gasteiger partial charge on any atom is 0.341 e. The molecule has 3 heterocycles. The van der Waals surface area contributed by atoms with E-state index in [1.165, 1.54) is 23.1 Å². The topological polar surface area (TPSA) is 207 Å². The summed E-state index contributed by atoms with van der Waals surface area (Å²) in [7, 11) is 0. The Balaban J connectivity index is 0.000000189. The highest BCUT2D eigenvalue weighted by Crippen LogP contribution is 2.15. The number of aromatic amines is 1. The number of nitrogen functional groups attached to an aromatic ring is 1. The first-order valence-electron chi connectivity index (χ1n) is 12.4. The Bertz CT molecular complexity index is 1510. The van der Waals surface area contributed by atoms with E-state index in [2.05, 4.69) is 25.0 Å². The number of carbonyl (C=O) groups excluding carboxylic acids is 1. The number of carbonyl (C=O) groups is 2. The molecular weight excluding hydrogens is 548 g/mol. The van der Waals surface area contributed by atoms with E-state index >= 15 is 0 Å². The predicted molar refractivity (Wildman–Crippen MR) is 150 cm³/mol. The molecule has 3 aromatic heterocycles. The molecule has 0 aliphatic heterocycles. The van der Waals surface area contributed by atoms with E-state index in [0.717, 1.165) is 11.1 Å². The second-order valence-electron chi connectivity index (χ2n) is 8.34. The number of aromatic carboxylic acids is 1. The van der Waals surface area contributed by atoms with Gasteiger partial charge in [-0.05, 0) is 11.1 Å². The quantitative estimate of drug-likeness (QED) is 0.143. The van der Waals surface area contributed by atoms with Gasteiger partial charge in [-0.3, -0.25) is 9.89 Å². The number of hydrogen-bond acceptors (Lipinski definition) is 11. The molecule has 0 aliphatic carbocycles. The first-order valence-corrected chi connectivity index (χ1v) is 12.4. The number of aliphatic hydroxyl groups is 2. The highest BCUT2D eigenvalue weighted by molar-refractivity contribution is 5.94. The minimum Gasteiger partial charge on any atom is -0.486 e. The van der Waals surface area contributed by atoms with Gasteiger partial charge in [-0.2, -0.15) is 10.2 Å². The third kappa shape index (κ3) is 9.71. The third-order valence-electron chi connectivity index (χ3n) is 5.35. The van der Waals surface area contributed by atoms with Crippen LogP contribution in [0.15, 0.2) is 85.5 Å². The van der Waals surface area contributed by atoms with Crippen LogP contribution >= 0.6 is 0 Å². The molecule has 0 bridgehead atoms. The lowest BCUT2D eigenvalue weighted by Crippen LogP contribution is -2.21. The molecule has 14 nitrogen and oxygen atoms in total. The number of H-pyrrole nitrogens is 1. The monoisotopic (exact) mass is 578 g/mol. The van der Waals surface area contributed by atoms with Crippen molar-refractivity contribution in [1.82, 2.24) is 24.8 Å². The molecule has 0 amide bonds. The lowest BCUT2D eigenvalue weighted by molar-refractivity contribution is -0.120. The van der Waals surface area contributed by atoms with Crippen molar-refractivity contribution in [1.29, 1.82) is 0 Å². The number of hydrogen-bond donors (Lipinski definition) is 5. The molecule has 42 heavy (non-hydrogen) atoms. The van der Waals surface area contributed by atoms with Crippen molar-refractivity contribution in [3.8, 4) is 11.5 Å². The van der Waals surface area contributed by atoms with Crippen LogP contribution in [0.5, 0.6) is 11.5 Å². The van der Waals surface area contributed by atoms with Crippen LogP contribution in [-0.4, -0.2) is 71.9 Å². The van der Waals surface area contributed by atoms with Crippen LogP contribution in [0.25, 0.3) is 5.65 Å². The van der Waals surface area contributed by atoms with Gasteiger partial charge in [0.25, 0.3) is 6.47 Å². The molecule has 6 N–H and O–H groups in total. The minimum atomic E-state index is -1.05. The number of nitrogens with zero attached hydrogens (tertiary/aromatic N) is 4. The van der Waals surface area contributed by atoms with Crippen molar-refractivity contribution < 1.29 is 39.1 Å². The van der Waals surface area contributed by atoms with Crippen molar-refractivity contribution in [3.63, 3.8) is 0 Å². The molecule has 0 unspecified atom stereocenters. The van der Waals surface area contributed by atoms with Gasteiger partial charge in [0.15, 0.2) is 23.0 Å².